The number of rotatable bonds is 4. The molecule has 0 heterocycles. The topological polar surface area (TPSA) is 29.1 Å². The van der Waals surface area contributed by atoms with E-state index < -0.39 is 40.3 Å². The predicted molar refractivity (Wildman–Crippen MR) is 67.1 cm³/mol. The van der Waals surface area contributed by atoms with E-state index in [9.17, 15) is 22.4 Å². The summed E-state index contributed by atoms with van der Waals surface area (Å²) in [4.78, 5) is 11.7. The molecule has 1 atom stereocenters. The number of allylic oxidation sites excluding steroid dienone is 1. The third-order valence-corrected chi connectivity index (χ3v) is 3.19. The summed E-state index contributed by atoms with van der Waals surface area (Å²) in [6, 6.07) is 0. The SMILES string of the molecule is C=C(NC(=O)c1c(F)c(F)c(C)c(F)c1F)C(C)CC. The molecule has 110 valence electrons. The Morgan fingerprint density at radius 1 is 1.15 bits per heavy atom. The van der Waals surface area contributed by atoms with Gasteiger partial charge in [0.1, 0.15) is 5.56 Å². The van der Waals surface area contributed by atoms with Gasteiger partial charge in [0.25, 0.3) is 5.91 Å². The third-order valence-electron chi connectivity index (χ3n) is 3.19. The molecule has 0 spiro atoms. The average molecular weight is 289 g/mol. The molecule has 1 aromatic carbocycles. The minimum absolute atomic E-state index is 0.134. The molecule has 0 saturated carbocycles. The molecule has 2 nitrogen and oxygen atoms in total. The Morgan fingerprint density at radius 2 is 1.60 bits per heavy atom. The van der Waals surface area contributed by atoms with E-state index in [4.69, 9.17) is 0 Å². The maximum atomic E-state index is 13.6. The van der Waals surface area contributed by atoms with Gasteiger partial charge in [-0.05, 0) is 19.3 Å². The molecule has 1 aromatic rings. The Kier molecular flexibility index (Phi) is 4.92. The van der Waals surface area contributed by atoms with Crippen LogP contribution in [0.1, 0.15) is 36.2 Å². The van der Waals surface area contributed by atoms with E-state index in [2.05, 4.69) is 11.9 Å². The number of hydrogen-bond donors (Lipinski definition) is 1. The Morgan fingerprint density at radius 3 is 2.00 bits per heavy atom. The number of amides is 1. The first kappa shape index (κ1) is 16.2. The van der Waals surface area contributed by atoms with Gasteiger partial charge in [-0.2, -0.15) is 0 Å². The van der Waals surface area contributed by atoms with Gasteiger partial charge in [-0.1, -0.05) is 20.4 Å². The van der Waals surface area contributed by atoms with Crippen LogP contribution in [0.15, 0.2) is 12.3 Å². The van der Waals surface area contributed by atoms with E-state index in [0.717, 1.165) is 6.92 Å². The number of hydrogen-bond acceptors (Lipinski definition) is 1. The molecule has 0 aromatic heterocycles. The van der Waals surface area contributed by atoms with E-state index >= 15 is 0 Å². The molecule has 0 bridgehead atoms. The fourth-order valence-corrected chi connectivity index (χ4v) is 1.52. The Labute approximate surface area is 114 Å². The van der Waals surface area contributed by atoms with Crippen molar-refractivity contribution in [2.45, 2.75) is 27.2 Å². The van der Waals surface area contributed by atoms with E-state index in [1.807, 2.05) is 6.92 Å². The maximum Gasteiger partial charge on any atom is 0.261 e. The second-order valence-electron chi connectivity index (χ2n) is 4.54. The van der Waals surface area contributed by atoms with Crippen molar-refractivity contribution in [1.82, 2.24) is 5.32 Å². The number of benzene rings is 1. The van der Waals surface area contributed by atoms with Crippen molar-refractivity contribution in [1.29, 1.82) is 0 Å². The van der Waals surface area contributed by atoms with Crippen LogP contribution in [0.4, 0.5) is 17.6 Å². The smallest absolute Gasteiger partial charge is 0.261 e. The predicted octanol–water partition coefficient (Wildman–Crippen LogP) is 3.84. The summed E-state index contributed by atoms with van der Waals surface area (Å²) in [6.07, 6.45) is 0.640. The lowest BCUT2D eigenvalue weighted by Gasteiger charge is -2.15. The maximum absolute atomic E-state index is 13.6. The first-order valence-corrected chi connectivity index (χ1v) is 6.04. The monoisotopic (exact) mass is 289 g/mol. The van der Waals surface area contributed by atoms with Gasteiger partial charge in [0.2, 0.25) is 0 Å². The van der Waals surface area contributed by atoms with Gasteiger partial charge in [0.15, 0.2) is 23.3 Å². The number of nitrogens with one attached hydrogen (secondary N) is 1. The number of carbonyl (C=O) groups excluding carboxylic acids is 1. The van der Waals surface area contributed by atoms with Gasteiger partial charge >= 0.3 is 0 Å². The van der Waals surface area contributed by atoms with Crippen LogP contribution in [-0.2, 0) is 0 Å². The molecule has 1 unspecified atom stereocenters. The van der Waals surface area contributed by atoms with E-state index in [0.29, 0.717) is 6.42 Å². The van der Waals surface area contributed by atoms with Crippen molar-refractivity contribution >= 4 is 5.91 Å². The lowest BCUT2D eigenvalue weighted by molar-refractivity contribution is 0.0951. The second-order valence-corrected chi connectivity index (χ2v) is 4.54. The summed E-state index contributed by atoms with van der Waals surface area (Å²) in [5, 5.41) is 2.16. The lowest BCUT2D eigenvalue weighted by atomic mass is 10.0. The summed E-state index contributed by atoms with van der Waals surface area (Å²) < 4.78 is 54.0. The Hall–Kier alpha value is -1.85. The van der Waals surface area contributed by atoms with Crippen molar-refractivity contribution in [2.75, 3.05) is 0 Å². The van der Waals surface area contributed by atoms with Crippen LogP contribution >= 0.6 is 0 Å². The molecular formula is C14H15F4NO. The molecule has 0 fully saturated rings. The quantitative estimate of drug-likeness (QED) is 0.662. The third kappa shape index (κ3) is 2.84. The zero-order chi connectivity index (χ0) is 15.6. The normalized spacial score (nSPS) is 12.2. The van der Waals surface area contributed by atoms with Gasteiger partial charge in [0.05, 0.1) is 0 Å². The molecule has 0 saturated heterocycles. The van der Waals surface area contributed by atoms with Crippen LogP contribution < -0.4 is 5.32 Å². The van der Waals surface area contributed by atoms with Gasteiger partial charge in [0, 0.05) is 11.3 Å². The van der Waals surface area contributed by atoms with Crippen LogP contribution in [-0.4, -0.2) is 5.91 Å². The first-order valence-electron chi connectivity index (χ1n) is 6.04. The highest BCUT2D eigenvalue weighted by molar-refractivity contribution is 5.96. The summed E-state index contributed by atoms with van der Waals surface area (Å²) in [5.74, 6) is -7.98. The fraction of sp³-hybridized carbons (Fsp3) is 0.357. The van der Waals surface area contributed by atoms with Crippen LogP contribution in [0, 0.1) is 36.1 Å². The van der Waals surface area contributed by atoms with Crippen molar-refractivity contribution in [3.05, 3.63) is 46.7 Å². The molecular weight excluding hydrogens is 274 g/mol. The molecule has 0 aliphatic carbocycles. The number of halogens is 4. The molecule has 6 heteroatoms. The van der Waals surface area contributed by atoms with Crippen molar-refractivity contribution in [2.24, 2.45) is 5.92 Å². The zero-order valence-electron chi connectivity index (χ0n) is 11.4. The van der Waals surface area contributed by atoms with Gasteiger partial charge in [-0.25, -0.2) is 17.6 Å². The average Bonchev–Trinajstić information content (AvgIpc) is 2.42. The minimum atomic E-state index is -1.71. The van der Waals surface area contributed by atoms with Gasteiger partial charge in [-0.3, -0.25) is 4.79 Å². The molecule has 20 heavy (non-hydrogen) atoms. The lowest BCUT2D eigenvalue weighted by Crippen LogP contribution is -2.28. The molecule has 0 aliphatic rings. The molecule has 1 N–H and O–H groups in total. The first-order chi connectivity index (χ1) is 9.22. The summed E-state index contributed by atoms with van der Waals surface area (Å²) in [5.41, 5.74) is -1.87. The largest absolute Gasteiger partial charge is 0.326 e. The number of carbonyl (C=O) groups is 1. The molecule has 0 aliphatic heterocycles. The van der Waals surface area contributed by atoms with Crippen LogP contribution in [0.3, 0.4) is 0 Å². The summed E-state index contributed by atoms with van der Waals surface area (Å²) >= 11 is 0. The van der Waals surface area contributed by atoms with Gasteiger partial charge in [-0.15, -0.1) is 0 Å². The second kappa shape index (κ2) is 6.07. The molecule has 0 radical (unpaired) electrons. The highest BCUT2D eigenvalue weighted by atomic mass is 19.2. The van der Waals surface area contributed by atoms with Crippen molar-refractivity contribution in [3.8, 4) is 0 Å². The van der Waals surface area contributed by atoms with Crippen LogP contribution in [0.5, 0.6) is 0 Å². The Balaban J connectivity index is 3.21. The van der Waals surface area contributed by atoms with Crippen LogP contribution in [0.25, 0.3) is 0 Å². The van der Waals surface area contributed by atoms with E-state index in [1.165, 1.54) is 0 Å². The fourth-order valence-electron chi connectivity index (χ4n) is 1.52. The van der Waals surface area contributed by atoms with Crippen LogP contribution in [0.2, 0.25) is 0 Å². The van der Waals surface area contributed by atoms with Crippen molar-refractivity contribution in [3.63, 3.8) is 0 Å². The standard InChI is InChI=1S/C14H15F4NO/c1-5-6(2)8(4)19-14(20)9-12(17)10(15)7(3)11(16)13(9)18/h6H,4-5H2,1-3H3,(H,19,20). The highest BCUT2D eigenvalue weighted by Crippen LogP contribution is 2.24. The van der Waals surface area contributed by atoms with E-state index in [-0.39, 0.29) is 11.6 Å². The van der Waals surface area contributed by atoms with E-state index in [1.54, 1.807) is 6.92 Å². The Bertz CT molecular complexity index is 540. The summed E-state index contributed by atoms with van der Waals surface area (Å²) in [7, 11) is 0. The molecule has 1 amide bonds. The summed E-state index contributed by atoms with van der Waals surface area (Å²) in [6.45, 7) is 8.00. The highest BCUT2D eigenvalue weighted by Gasteiger charge is 2.28. The zero-order valence-corrected chi connectivity index (χ0v) is 11.4. The molecule has 1 rings (SSSR count). The minimum Gasteiger partial charge on any atom is -0.326 e. The van der Waals surface area contributed by atoms with Crippen molar-refractivity contribution < 1.29 is 22.4 Å². The van der Waals surface area contributed by atoms with Gasteiger partial charge < -0.3 is 5.32 Å².